The summed E-state index contributed by atoms with van der Waals surface area (Å²) in [6.45, 7) is 1.40. The normalized spacial score (nSPS) is 25.6. The number of nitrogens with one attached hydrogen (secondary N) is 1. The topological polar surface area (TPSA) is 119 Å². The highest BCUT2D eigenvalue weighted by molar-refractivity contribution is 7.89. The van der Waals surface area contributed by atoms with Crippen molar-refractivity contribution in [2.75, 3.05) is 23.7 Å². The number of hydrogen-bond donors (Lipinski definition) is 3. The van der Waals surface area contributed by atoms with E-state index in [4.69, 9.17) is 10.9 Å². The van der Waals surface area contributed by atoms with E-state index in [9.17, 15) is 13.2 Å². The van der Waals surface area contributed by atoms with Crippen LogP contribution >= 0.6 is 0 Å². The number of rotatable bonds is 2. The van der Waals surface area contributed by atoms with Crippen molar-refractivity contribution < 1.29 is 13.2 Å². The van der Waals surface area contributed by atoms with Crippen LogP contribution in [0.15, 0.2) is 23.1 Å². The van der Waals surface area contributed by atoms with Crippen molar-refractivity contribution in [2.24, 2.45) is 11.1 Å². The fourth-order valence-corrected chi connectivity index (χ4v) is 3.77. The number of benzene rings is 1. The summed E-state index contributed by atoms with van der Waals surface area (Å²) in [5, 5.41) is 7.99. The third kappa shape index (κ3) is 2.44. The lowest BCUT2D eigenvalue weighted by Gasteiger charge is -2.38. The lowest BCUT2D eigenvalue weighted by atomic mass is 9.91. The first kappa shape index (κ1) is 14.2. The lowest BCUT2D eigenvalue weighted by Crippen LogP contribution is -2.46. The second-order valence-electron chi connectivity index (χ2n) is 5.52. The highest BCUT2D eigenvalue weighted by Gasteiger charge is 2.41. The Bertz CT molecular complexity index is 689. The van der Waals surface area contributed by atoms with Crippen LogP contribution in [0.1, 0.15) is 12.8 Å². The first-order valence-corrected chi connectivity index (χ1v) is 8.39. The molecule has 2 aliphatic rings. The highest BCUT2D eigenvalue weighted by Crippen LogP contribution is 2.35. The highest BCUT2D eigenvalue weighted by atomic mass is 32.2. The number of primary sulfonamides is 1. The van der Waals surface area contributed by atoms with E-state index in [1.54, 1.807) is 6.07 Å². The maximum Gasteiger partial charge on any atom is 0.238 e. The lowest BCUT2D eigenvalue weighted by molar-refractivity contribution is -0.122. The van der Waals surface area contributed by atoms with Gasteiger partial charge >= 0.3 is 0 Å². The number of nitrogen functional groups attached to an aromatic ring is 1. The summed E-state index contributed by atoms with van der Waals surface area (Å²) in [5.74, 6) is 0.0699. The van der Waals surface area contributed by atoms with Crippen molar-refractivity contribution in [1.82, 2.24) is 5.32 Å². The van der Waals surface area contributed by atoms with Gasteiger partial charge in [-0.15, -0.1) is 0 Å². The average Bonchev–Trinajstić information content (AvgIpc) is 2.80. The molecule has 3 rings (SSSR count). The van der Waals surface area contributed by atoms with Crippen LogP contribution in [0, 0.1) is 5.92 Å². The number of carbonyl (C=O) groups is 1. The van der Waals surface area contributed by atoms with E-state index in [1.807, 2.05) is 0 Å². The number of fused-ring (bicyclic) bond motifs is 1. The van der Waals surface area contributed by atoms with Gasteiger partial charge < -0.3 is 16.0 Å². The zero-order valence-corrected chi connectivity index (χ0v) is 12.3. The van der Waals surface area contributed by atoms with Gasteiger partial charge in [0, 0.05) is 13.1 Å². The molecule has 0 spiro atoms. The van der Waals surface area contributed by atoms with Gasteiger partial charge in [-0.3, -0.25) is 4.79 Å². The Morgan fingerprint density at radius 3 is 2.76 bits per heavy atom. The molecule has 21 heavy (non-hydrogen) atoms. The molecule has 2 atom stereocenters. The number of nitrogens with two attached hydrogens (primary N) is 2. The van der Waals surface area contributed by atoms with E-state index < -0.39 is 10.0 Å². The Hall–Kier alpha value is -1.80. The molecule has 7 nitrogen and oxygen atoms in total. The van der Waals surface area contributed by atoms with Crippen LogP contribution in [0.3, 0.4) is 0 Å². The summed E-state index contributed by atoms with van der Waals surface area (Å²) in [6.07, 6.45) is 1.78. The maximum absolute atomic E-state index is 11.8. The van der Waals surface area contributed by atoms with Crippen molar-refractivity contribution in [3.8, 4) is 0 Å². The number of sulfonamides is 1. The summed E-state index contributed by atoms with van der Waals surface area (Å²) < 4.78 is 22.7. The van der Waals surface area contributed by atoms with E-state index in [2.05, 4.69) is 10.2 Å². The Morgan fingerprint density at radius 1 is 1.33 bits per heavy atom. The molecule has 2 heterocycles. The molecule has 1 aromatic rings. The summed E-state index contributed by atoms with van der Waals surface area (Å²) >= 11 is 0. The molecule has 8 heteroatoms. The molecule has 0 aromatic heterocycles. The SMILES string of the molecule is Nc1cc(S(N)(=O)=O)ccc1N1CCCC2C(=O)NCC21. The van der Waals surface area contributed by atoms with Gasteiger partial charge in [0.05, 0.1) is 28.2 Å². The number of nitrogens with zero attached hydrogens (tertiary/aromatic N) is 1. The van der Waals surface area contributed by atoms with Crippen molar-refractivity contribution in [3.63, 3.8) is 0 Å². The van der Waals surface area contributed by atoms with E-state index in [0.29, 0.717) is 12.2 Å². The molecule has 2 aliphatic heterocycles. The molecule has 2 saturated heterocycles. The van der Waals surface area contributed by atoms with Gasteiger partial charge in [-0.1, -0.05) is 0 Å². The minimum atomic E-state index is -3.76. The van der Waals surface area contributed by atoms with Gasteiger partial charge in [0.1, 0.15) is 0 Å². The summed E-state index contributed by atoms with van der Waals surface area (Å²) in [5.41, 5.74) is 7.12. The fourth-order valence-electron chi connectivity index (χ4n) is 3.22. The Morgan fingerprint density at radius 2 is 2.10 bits per heavy atom. The fraction of sp³-hybridized carbons (Fsp3) is 0.462. The molecule has 0 radical (unpaired) electrons. The van der Waals surface area contributed by atoms with Crippen LogP contribution in [0.4, 0.5) is 11.4 Å². The average molecular weight is 310 g/mol. The molecule has 0 saturated carbocycles. The predicted molar refractivity (Wildman–Crippen MR) is 79.1 cm³/mol. The molecule has 2 unspecified atom stereocenters. The smallest absolute Gasteiger partial charge is 0.238 e. The first-order valence-electron chi connectivity index (χ1n) is 6.84. The maximum atomic E-state index is 11.8. The van der Waals surface area contributed by atoms with E-state index in [0.717, 1.165) is 25.1 Å². The van der Waals surface area contributed by atoms with Crippen LogP contribution < -0.4 is 21.1 Å². The van der Waals surface area contributed by atoms with E-state index >= 15 is 0 Å². The number of anilines is 2. The number of carbonyl (C=O) groups excluding carboxylic acids is 1. The first-order chi connectivity index (χ1) is 9.88. The van der Waals surface area contributed by atoms with Crippen LogP contribution in [-0.4, -0.2) is 33.5 Å². The molecule has 1 aromatic carbocycles. The zero-order chi connectivity index (χ0) is 15.2. The van der Waals surface area contributed by atoms with Gasteiger partial charge in [0.25, 0.3) is 0 Å². The minimum Gasteiger partial charge on any atom is -0.397 e. The zero-order valence-electron chi connectivity index (χ0n) is 11.5. The second kappa shape index (κ2) is 4.88. The Labute approximate surface area is 123 Å². The van der Waals surface area contributed by atoms with Gasteiger partial charge in [-0.2, -0.15) is 0 Å². The van der Waals surface area contributed by atoms with Crippen molar-refractivity contribution in [3.05, 3.63) is 18.2 Å². The number of amides is 1. The molecule has 2 fully saturated rings. The largest absolute Gasteiger partial charge is 0.397 e. The van der Waals surface area contributed by atoms with Crippen LogP contribution in [0.2, 0.25) is 0 Å². The van der Waals surface area contributed by atoms with E-state index in [-0.39, 0.29) is 22.8 Å². The van der Waals surface area contributed by atoms with Crippen molar-refractivity contribution >= 4 is 27.3 Å². The van der Waals surface area contributed by atoms with Gasteiger partial charge in [-0.25, -0.2) is 13.6 Å². The number of hydrogen-bond acceptors (Lipinski definition) is 5. The van der Waals surface area contributed by atoms with Crippen LogP contribution in [0.5, 0.6) is 0 Å². The molecular weight excluding hydrogens is 292 g/mol. The van der Waals surface area contributed by atoms with Crippen molar-refractivity contribution in [1.29, 1.82) is 0 Å². The third-order valence-corrected chi connectivity index (χ3v) is 5.15. The second-order valence-corrected chi connectivity index (χ2v) is 7.08. The van der Waals surface area contributed by atoms with E-state index in [1.165, 1.54) is 12.1 Å². The van der Waals surface area contributed by atoms with Crippen molar-refractivity contribution in [2.45, 2.75) is 23.8 Å². The molecule has 0 aliphatic carbocycles. The quantitative estimate of drug-likeness (QED) is 0.644. The minimum absolute atomic E-state index is 0.00191. The molecule has 114 valence electrons. The molecule has 0 bridgehead atoms. The van der Waals surface area contributed by atoms with Crippen LogP contribution in [0.25, 0.3) is 0 Å². The molecular formula is C13H18N4O3S. The predicted octanol–water partition coefficient (Wildman–Crippen LogP) is -0.369. The summed E-state index contributed by atoms with van der Waals surface area (Å²) in [4.78, 5) is 13.9. The number of piperidine rings is 1. The Kier molecular flexibility index (Phi) is 3.29. The van der Waals surface area contributed by atoms with Crippen LogP contribution in [-0.2, 0) is 14.8 Å². The van der Waals surface area contributed by atoms with Gasteiger partial charge in [0.2, 0.25) is 15.9 Å². The van der Waals surface area contributed by atoms with Gasteiger partial charge in [-0.05, 0) is 31.0 Å². The van der Waals surface area contributed by atoms with Gasteiger partial charge in [0.15, 0.2) is 0 Å². The standard InChI is InChI=1S/C13H18N4O3S/c14-10-6-8(21(15,19)20)3-4-11(10)17-5-1-2-9-12(17)7-16-13(9)18/h3-4,6,9,12H,1-2,5,7,14H2,(H,16,18)(H2,15,19,20). The Balaban J connectivity index is 1.95. The summed E-state index contributed by atoms with van der Waals surface area (Å²) in [6, 6.07) is 4.57. The molecule has 1 amide bonds. The monoisotopic (exact) mass is 310 g/mol. The summed E-state index contributed by atoms with van der Waals surface area (Å²) in [7, 11) is -3.76. The molecule has 5 N–H and O–H groups in total. The third-order valence-electron chi connectivity index (χ3n) is 4.24.